The smallest absolute Gasteiger partial charge is 0.318 e. The van der Waals surface area contributed by atoms with E-state index in [9.17, 15) is 19.5 Å². The minimum atomic E-state index is -0.992. The molecule has 1 fully saturated rings. The third kappa shape index (κ3) is 9.81. The highest BCUT2D eigenvalue weighted by atomic mass is 16.5. The molecule has 246 valence electrons. The number of aliphatic hydroxyl groups excluding tert-OH is 1. The molecule has 0 aromatic heterocycles. The van der Waals surface area contributed by atoms with Crippen LogP contribution in [-0.4, -0.2) is 71.8 Å². The summed E-state index contributed by atoms with van der Waals surface area (Å²) in [7, 11) is 0. The first kappa shape index (κ1) is 34.5. The number of hydrogen-bond donors (Lipinski definition) is 4. The van der Waals surface area contributed by atoms with Crippen molar-refractivity contribution in [2.24, 2.45) is 5.92 Å². The summed E-state index contributed by atoms with van der Waals surface area (Å²) in [5.41, 5.74) is 3.84. The molecule has 1 aliphatic rings. The van der Waals surface area contributed by atoms with Gasteiger partial charge in [0.25, 0.3) is 5.91 Å². The molecule has 9 nitrogen and oxygen atoms in total. The highest BCUT2D eigenvalue weighted by molar-refractivity contribution is 5.87. The number of aryl methyl sites for hydroxylation is 2. The van der Waals surface area contributed by atoms with Crippen LogP contribution in [0.25, 0.3) is 0 Å². The lowest BCUT2D eigenvalue weighted by Gasteiger charge is -2.37. The van der Waals surface area contributed by atoms with Crippen molar-refractivity contribution in [3.63, 3.8) is 0 Å². The van der Waals surface area contributed by atoms with Gasteiger partial charge in [-0.25, -0.2) is 4.79 Å². The van der Waals surface area contributed by atoms with Crippen molar-refractivity contribution in [3.8, 4) is 5.75 Å². The van der Waals surface area contributed by atoms with E-state index < -0.39 is 24.2 Å². The number of nitrogens with zero attached hydrogens (tertiary/aromatic N) is 1. The number of hydrogen-bond acceptors (Lipinski definition) is 5. The van der Waals surface area contributed by atoms with Crippen LogP contribution in [0.1, 0.15) is 48.9 Å². The van der Waals surface area contributed by atoms with Crippen molar-refractivity contribution < 1.29 is 24.2 Å². The highest BCUT2D eigenvalue weighted by Crippen LogP contribution is 2.22. The molecule has 4 amide bonds. The molecule has 9 heteroatoms. The Bertz CT molecular complexity index is 1410. The van der Waals surface area contributed by atoms with E-state index in [1.54, 1.807) is 4.90 Å². The minimum Gasteiger partial charge on any atom is -0.483 e. The zero-order valence-electron chi connectivity index (χ0n) is 27.4. The molecule has 1 heterocycles. The number of amides is 4. The fourth-order valence-corrected chi connectivity index (χ4v) is 6.12. The molecule has 46 heavy (non-hydrogen) atoms. The third-order valence-electron chi connectivity index (χ3n) is 8.41. The molecule has 1 aliphatic heterocycles. The van der Waals surface area contributed by atoms with Crippen LogP contribution in [0.3, 0.4) is 0 Å². The number of nitrogens with one attached hydrogen (secondary N) is 3. The topological polar surface area (TPSA) is 120 Å². The van der Waals surface area contributed by atoms with E-state index in [4.69, 9.17) is 4.74 Å². The van der Waals surface area contributed by atoms with Gasteiger partial charge < -0.3 is 30.7 Å². The Kier molecular flexibility index (Phi) is 12.6. The molecule has 0 radical (unpaired) electrons. The fraction of sp³-hybridized carbons (Fsp3) is 0.432. The Hall–Kier alpha value is -4.37. The SMILES string of the molecule is Cc1cccc(C)c1OCC(=O)N[C@H](Cc1ccccc1)[C@H](O)C[C@H](Cc1ccccc1)NC(=O)[C@@H](C(C)C)N1CCCNC1=O. The summed E-state index contributed by atoms with van der Waals surface area (Å²) >= 11 is 0. The molecule has 4 atom stereocenters. The normalized spacial score (nSPS) is 15.8. The molecule has 0 spiro atoms. The largest absolute Gasteiger partial charge is 0.483 e. The average molecular weight is 629 g/mol. The van der Waals surface area contributed by atoms with Crippen molar-refractivity contribution in [1.82, 2.24) is 20.9 Å². The van der Waals surface area contributed by atoms with Gasteiger partial charge in [0.05, 0.1) is 12.1 Å². The molecule has 0 unspecified atom stereocenters. The monoisotopic (exact) mass is 628 g/mol. The Morgan fingerprint density at radius 1 is 0.891 bits per heavy atom. The first-order chi connectivity index (χ1) is 22.1. The van der Waals surface area contributed by atoms with Gasteiger partial charge >= 0.3 is 6.03 Å². The van der Waals surface area contributed by atoms with Gasteiger partial charge in [-0.1, -0.05) is 92.7 Å². The highest BCUT2D eigenvalue weighted by Gasteiger charge is 2.35. The second-order valence-electron chi connectivity index (χ2n) is 12.5. The fourth-order valence-electron chi connectivity index (χ4n) is 6.12. The van der Waals surface area contributed by atoms with Crippen molar-refractivity contribution in [1.29, 1.82) is 0 Å². The lowest BCUT2D eigenvalue weighted by molar-refractivity contribution is -0.128. The van der Waals surface area contributed by atoms with Crippen LogP contribution in [0.4, 0.5) is 4.79 Å². The molecular weight excluding hydrogens is 580 g/mol. The second kappa shape index (κ2) is 16.8. The van der Waals surface area contributed by atoms with Crippen LogP contribution >= 0.6 is 0 Å². The Morgan fingerprint density at radius 3 is 2.09 bits per heavy atom. The minimum absolute atomic E-state index is 0.117. The summed E-state index contributed by atoms with van der Waals surface area (Å²) < 4.78 is 5.90. The van der Waals surface area contributed by atoms with E-state index >= 15 is 0 Å². The summed E-state index contributed by atoms with van der Waals surface area (Å²) in [4.78, 5) is 41.3. The predicted molar refractivity (Wildman–Crippen MR) is 180 cm³/mol. The van der Waals surface area contributed by atoms with Crippen LogP contribution < -0.4 is 20.7 Å². The van der Waals surface area contributed by atoms with Crippen LogP contribution in [0.15, 0.2) is 78.9 Å². The van der Waals surface area contributed by atoms with Gasteiger partial charge in [0.15, 0.2) is 6.61 Å². The molecule has 0 bridgehead atoms. The van der Waals surface area contributed by atoms with Crippen molar-refractivity contribution in [3.05, 3.63) is 101 Å². The van der Waals surface area contributed by atoms with Crippen LogP contribution in [0.5, 0.6) is 5.75 Å². The zero-order valence-corrected chi connectivity index (χ0v) is 27.4. The summed E-state index contributed by atoms with van der Waals surface area (Å²) in [6, 6.07) is 23.3. The number of ether oxygens (including phenoxy) is 1. The second-order valence-corrected chi connectivity index (χ2v) is 12.5. The van der Waals surface area contributed by atoms with E-state index in [0.717, 1.165) is 28.7 Å². The van der Waals surface area contributed by atoms with Crippen LogP contribution in [0.2, 0.25) is 0 Å². The maximum Gasteiger partial charge on any atom is 0.318 e. The van der Waals surface area contributed by atoms with E-state index in [-0.39, 0.29) is 36.8 Å². The molecule has 0 saturated carbocycles. The summed E-state index contributed by atoms with van der Waals surface area (Å²) in [5.74, 6) is -0.0493. The number of aliphatic hydroxyl groups is 1. The Labute approximate surface area is 272 Å². The summed E-state index contributed by atoms with van der Waals surface area (Å²) in [5, 5.41) is 20.7. The quantitative estimate of drug-likeness (QED) is 0.200. The van der Waals surface area contributed by atoms with E-state index in [0.29, 0.717) is 31.7 Å². The number of urea groups is 1. The number of carbonyl (C=O) groups excluding carboxylic acids is 3. The lowest BCUT2D eigenvalue weighted by atomic mass is 9.92. The molecule has 1 saturated heterocycles. The van der Waals surface area contributed by atoms with Crippen molar-refractivity contribution in [2.75, 3.05) is 19.7 Å². The number of rotatable bonds is 15. The predicted octanol–water partition coefficient (Wildman–Crippen LogP) is 4.33. The first-order valence-corrected chi connectivity index (χ1v) is 16.2. The van der Waals surface area contributed by atoms with Gasteiger partial charge in [0, 0.05) is 19.1 Å². The van der Waals surface area contributed by atoms with Gasteiger partial charge in [-0.2, -0.15) is 0 Å². The van der Waals surface area contributed by atoms with Gasteiger partial charge in [-0.3, -0.25) is 9.59 Å². The molecule has 3 aromatic rings. The van der Waals surface area contributed by atoms with Gasteiger partial charge in [0.2, 0.25) is 5.91 Å². The standard InChI is InChI=1S/C37H48N4O5/c1-25(2)34(41-20-12-19-38-37(41)45)36(44)39-30(21-28-15-7-5-8-16-28)23-32(42)31(22-29-17-9-6-10-18-29)40-33(43)24-46-35-26(3)13-11-14-27(35)4/h5-11,13-18,25,30-32,34,42H,12,19-24H2,1-4H3,(H,38,45)(H,39,44)(H,40,43)/t30-,31+,32+,34+/m0/s1. The van der Waals surface area contributed by atoms with Crippen LogP contribution in [-0.2, 0) is 22.4 Å². The first-order valence-electron chi connectivity index (χ1n) is 16.2. The molecular formula is C37H48N4O5. The van der Waals surface area contributed by atoms with E-state index in [2.05, 4.69) is 16.0 Å². The third-order valence-corrected chi connectivity index (χ3v) is 8.41. The summed E-state index contributed by atoms with van der Waals surface area (Å²) in [6.07, 6.45) is 0.831. The number of carbonyl (C=O) groups is 3. The molecule has 4 N–H and O–H groups in total. The summed E-state index contributed by atoms with van der Waals surface area (Å²) in [6.45, 7) is 8.63. The maximum atomic E-state index is 13.8. The number of benzene rings is 3. The zero-order chi connectivity index (χ0) is 33.1. The van der Waals surface area contributed by atoms with Gasteiger partial charge in [-0.15, -0.1) is 0 Å². The maximum absolute atomic E-state index is 13.8. The molecule has 3 aromatic carbocycles. The van der Waals surface area contributed by atoms with E-state index in [1.807, 2.05) is 107 Å². The van der Waals surface area contributed by atoms with Gasteiger partial charge in [-0.05, 0) is 67.7 Å². The molecule has 0 aliphatic carbocycles. The average Bonchev–Trinajstić information content (AvgIpc) is 3.02. The number of para-hydroxylation sites is 1. The lowest BCUT2D eigenvalue weighted by Crippen LogP contribution is -2.59. The van der Waals surface area contributed by atoms with Gasteiger partial charge in [0.1, 0.15) is 11.8 Å². The molecule has 4 rings (SSSR count). The van der Waals surface area contributed by atoms with Crippen molar-refractivity contribution >= 4 is 17.8 Å². The van der Waals surface area contributed by atoms with E-state index in [1.165, 1.54) is 0 Å². The Morgan fingerprint density at radius 2 is 1.50 bits per heavy atom. The van der Waals surface area contributed by atoms with Crippen molar-refractivity contribution in [2.45, 2.75) is 77.6 Å². The Balaban J connectivity index is 1.52. The van der Waals surface area contributed by atoms with Crippen LogP contribution in [0, 0.1) is 19.8 Å².